The molecule has 0 atom stereocenters. The quantitative estimate of drug-likeness (QED) is 0.497. The first-order valence-electron chi connectivity index (χ1n) is 12.1. The molecule has 9 heteroatoms. The van der Waals surface area contributed by atoms with E-state index >= 15 is 0 Å². The fourth-order valence-corrected chi connectivity index (χ4v) is 3.88. The number of rotatable bonds is 3. The Hall–Kier alpha value is -2.03. The number of alkyl carbamates (subject to hydrolysis) is 2. The highest BCUT2D eigenvalue weighted by Crippen LogP contribution is 2.19. The Morgan fingerprint density at radius 2 is 0.939 bits per heavy atom. The largest absolute Gasteiger partial charge is 0.444 e. The first-order valence-corrected chi connectivity index (χ1v) is 12.1. The average molecular weight is 471 g/mol. The average Bonchev–Trinajstić information content (AvgIpc) is 2.62. The van der Waals surface area contributed by atoms with E-state index in [4.69, 9.17) is 15.2 Å². The molecule has 0 radical (unpaired) electrons. The van der Waals surface area contributed by atoms with Crippen LogP contribution in [0.5, 0.6) is 0 Å². The second-order valence-electron chi connectivity index (χ2n) is 11.2. The lowest BCUT2D eigenvalue weighted by molar-refractivity contribution is -0.119. The fraction of sp³-hybridized carbons (Fsp3) is 0.875. The van der Waals surface area contributed by atoms with Crippen molar-refractivity contribution in [1.29, 1.82) is 0 Å². The van der Waals surface area contributed by atoms with E-state index in [1.165, 1.54) is 6.92 Å². The molecule has 0 saturated heterocycles. The molecule has 0 aromatic rings. The van der Waals surface area contributed by atoms with Crippen LogP contribution in [-0.2, 0) is 14.3 Å². The van der Waals surface area contributed by atoms with Crippen LogP contribution in [-0.4, -0.2) is 53.5 Å². The van der Waals surface area contributed by atoms with Crippen molar-refractivity contribution < 1.29 is 23.9 Å². The molecule has 2 fully saturated rings. The summed E-state index contributed by atoms with van der Waals surface area (Å²) >= 11 is 0. The maximum absolute atomic E-state index is 11.6. The van der Waals surface area contributed by atoms with Crippen molar-refractivity contribution in [3.8, 4) is 0 Å². The molecule has 5 N–H and O–H groups in total. The van der Waals surface area contributed by atoms with Gasteiger partial charge in [-0.1, -0.05) is 0 Å². The molecule has 0 spiro atoms. The molecule has 0 bridgehead atoms. The number of ether oxygens (including phenoxy) is 2. The standard InChI is InChI=1S/C13H24N2O3.C11H22N2O2/c1-9(16)14-10-5-7-11(8-6-10)15-12(17)18-13(2,3)4;1-11(2,3)15-10(14)13-9-6-4-8(12)5-7-9/h10-11H,5-8H2,1-4H3,(H,14,16)(H,15,17);8-9H,4-7,12H2,1-3H3,(H,13,14). The van der Waals surface area contributed by atoms with Gasteiger partial charge in [0, 0.05) is 31.1 Å². The number of hydrogen-bond donors (Lipinski definition) is 4. The van der Waals surface area contributed by atoms with Gasteiger partial charge in [0.1, 0.15) is 11.2 Å². The minimum absolute atomic E-state index is 0.0125. The van der Waals surface area contributed by atoms with Crippen molar-refractivity contribution in [3.05, 3.63) is 0 Å². The monoisotopic (exact) mass is 470 g/mol. The molecule has 2 aliphatic carbocycles. The number of hydrogen-bond acceptors (Lipinski definition) is 6. The van der Waals surface area contributed by atoms with Gasteiger partial charge in [-0.25, -0.2) is 9.59 Å². The molecule has 2 saturated carbocycles. The molecule has 0 unspecified atom stereocenters. The highest BCUT2D eigenvalue weighted by molar-refractivity contribution is 5.73. The number of carbonyl (C=O) groups is 3. The van der Waals surface area contributed by atoms with Gasteiger partial charge in [0.25, 0.3) is 0 Å². The zero-order valence-corrected chi connectivity index (χ0v) is 21.6. The Balaban J connectivity index is 0.000000335. The highest BCUT2D eigenvalue weighted by atomic mass is 16.6. The maximum Gasteiger partial charge on any atom is 0.407 e. The van der Waals surface area contributed by atoms with Crippen LogP contribution in [0.25, 0.3) is 0 Å². The number of nitrogens with two attached hydrogens (primary N) is 1. The van der Waals surface area contributed by atoms with E-state index in [2.05, 4.69) is 16.0 Å². The van der Waals surface area contributed by atoms with Crippen LogP contribution in [0, 0.1) is 0 Å². The third-order valence-electron chi connectivity index (χ3n) is 5.35. The smallest absolute Gasteiger partial charge is 0.407 e. The van der Waals surface area contributed by atoms with Crippen molar-refractivity contribution in [1.82, 2.24) is 16.0 Å². The molecule has 0 aliphatic heterocycles. The van der Waals surface area contributed by atoms with Crippen LogP contribution in [0.2, 0.25) is 0 Å². The molecule has 0 heterocycles. The number of amides is 3. The summed E-state index contributed by atoms with van der Waals surface area (Å²) in [5.74, 6) is 0.0125. The number of nitrogens with one attached hydrogen (secondary N) is 3. The lowest BCUT2D eigenvalue weighted by atomic mass is 9.91. The van der Waals surface area contributed by atoms with Crippen molar-refractivity contribution >= 4 is 18.1 Å². The first-order chi connectivity index (χ1) is 15.1. The van der Waals surface area contributed by atoms with Crippen molar-refractivity contribution in [2.45, 2.75) is 135 Å². The summed E-state index contributed by atoms with van der Waals surface area (Å²) in [5, 5.41) is 8.67. The van der Waals surface area contributed by atoms with E-state index in [-0.39, 0.29) is 36.2 Å². The Bertz CT molecular complexity index is 626. The third kappa shape index (κ3) is 14.7. The Kier molecular flexibility index (Phi) is 11.4. The second kappa shape index (κ2) is 13.0. The predicted molar refractivity (Wildman–Crippen MR) is 129 cm³/mol. The minimum atomic E-state index is -0.461. The molecule has 33 heavy (non-hydrogen) atoms. The highest BCUT2D eigenvalue weighted by Gasteiger charge is 2.25. The predicted octanol–water partition coefficient (Wildman–Crippen LogP) is 3.74. The van der Waals surface area contributed by atoms with Crippen molar-refractivity contribution in [2.75, 3.05) is 0 Å². The topological polar surface area (TPSA) is 132 Å². The summed E-state index contributed by atoms with van der Waals surface area (Å²) in [6.07, 6.45) is 6.78. The van der Waals surface area contributed by atoms with Gasteiger partial charge in [-0.15, -0.1) is 0 Å². The molecule has 192 valence electrons. The number of carbonyl (C=O) groups excluding carboxylic acids is 3. The molecule has 3 amide bonds. The zero-order valence-electron chi connectivity index (χ0n) is 21.6. The van der Waals surface area contributed by atoms with Crippen LogP contribution in [0.15, 0.2) is 0 Å². The van der Waals surface area contributed by atoms with Gasteiger partial charge in [-0.05, 0) is 92.9 Å². The van der Waals surface area contributed by atoms with E-state index in [9.17, 15) is 14.4 Å². The van der Waals surface area contributed by atoms with E-state index in [0.29, 0.717) is 6.04 Å². The van der Waals surface area contributed by atoms with E-state index in [1.54, 1.807) is 0 Å². The SMILES string of the molecule is CC(=O)NC1CCC(NC(=O)OC(C)(C)C)CC1.CC(C)(C)OC(=O)NC1CCC(N)CC1. The molecule has 9 nitrogen and oxygen atoms in total. The molecular formula is C24H46N4O5. The van der Waals surface area contributed by atoms with Crippen molar-refractivity contribution in [2.24, 2.45) is 5.73 Å². The second-order valence-corrected chi connectivity index (χ2v) is 11.2. The van der Waals surface area contributed by atoms with Gasteiger partial charge in [0.05, 0.1) is 0 Å². The lowest BCUT2D eigenvalue weighted by Crippen LogP contribution is -2.44. The molecule has 2 rings (SSSR count). The van der Waals surface area contributed by atoms with Gasteiger partial charge in [-0.2, -0.15) is 0 Å². The Labute approximate surface area is 199 Å². The van der Waals surface area contributed by atoms with Crippen molar-refractivity contribution in [3.63, 3.8) is 0 Å². The van der Waals surface area contributed by atoms with E-state index < -0.39 is 11.2 Å². The van der Waals surface area contributed by atoms with Crippen LogP contribution in [0.3, 0.4) is 0 Å². The van der Waals surface area contributed by atoms with Gasteiger partial charge in [0.15, 0.2) is 0 Å². The lowest BCUT2D eigenvalue weighted by Gasteiger charge is -2.30. The van der Waals surface area contributed by atoms with Crippen LogP contribution < -0.4 is 21.7 Å². The maximum atomic E-state index is 11.6. The molecule has 2 aliphatic rings. The fourth-order valence-electron chi connectivity index (χ4n) is 3.88. The van der Waals surface area contributed by atoms with Gasteiger partial charge < -0.3 is 31.2 Å². The summed E-state index contributed by atoms with van der Waals surface area (Å²) in [7, 11) is 0. The van der Waals surface area contributed by atoms with Crippen LogP contribution in [0.1, 0.15) is 99.8 Å². The summed E-state index contributed by atoms with van der Waals surface area (Å²) in [5.41, 5.74) is 4.90. The molecule has 0 aromatic carbocycles. The molecular weight excluding hydrogens is 424 g/mol. The first kappa shape index (κ1) is 29.0. The summed E-state index contributed by atoms with van der Waals surface area (Å²) < 4.78 is 10.4. The summed E-state index contributed by atoms with van der Waals surface area (Å²) in [6.45, 7) is 12.7. The van der Waals surface area contributed by atoms with Gasteiger partial charge in [0.2, 0.25) is 5.91 Å². The van der Waals surface area contributed by atoms with Gasteiger partial charge >= 0.3 is 12.2 Å². The summed E-state index contributed by atoms with van der Waals surface area (Å²) in [4.78, 5) is 34.0. The normalized spacial score (nSPS) is 25.6. The van der Waals surface area contributed by atoms with Gasteiger partial charge in [-0.3, -0.25) is 4.79 Å². The van der Waals surface area contributed by atoms with Crippen LogP contribution in [0.4, 0.5) is 9.59 Å². The minimum Gasteiger partial charge on any atom is -0.444 e. The van der Waals surface area contributed by atoms with E-state index in [0.717, 1.165) is 51.4 Å². The molecule has 0 aromatic heterocycles. The third-order valence-corrected chi connectivity index (χ3v) is 5.35. The Morgan fingerprint density at radius 1 is 0.636 bits per heavy atom. The zero-order chi connectivity index (χ0) is 25.2. The van der Waals surface area contributed by atoms with Crippen LogP contribution >= 0.6 is 0 Å². The summed E-state index contributed by atoms with van der Waals surface area (Å²) in [6, 6.07) is 0.949. The Morgan fingerprint density at radius 3 is 1.24 bits per heavy atom. The van der Waals surface area contributed by atoms with E-state index in [1.807, 2.05) is 41.5 Å².